The molecule has 0 aliphatic rings. The molecule has 0 saturated heterocycles. The highest BCUT2D eigenvalue weighted by Gasteiger charge is 2.05. The van der Waals surface area contributed by atoms with Gasteiger partial charge in [-0.25, -0.2) is 4.98 Å². The van der Waals surface area contributed by atoms with Crippen LogP contribution in [-0.2, 0) is 6.54 Å². The van der Waals surface area contributed by atoms with Crippen LogP contribution in [0.3, 0.4) is 0 Å². The second-order valence-corrected chi connectivity index (χ2v) is 3.63. The molecule has 0 amide bonds. The third kappa shape index (κ3) is 2.12. The van der Waals surface area contributed by atoms with E-state index < -0.39 is 0 Å². The number of hydrogen-bond donors (Lipinski definition) is 1. The van der Waals surface area contributed by atoms with Crippen LogP contribution >= 0.6 is 0 Å². The molecular formula is C12H16N4. The van der Waals surface area contributed by atoms with E-state index in [0.29, 0.717) is 0 Å². The van der Waals surface area contributed by atoms with Crippen LogP contribution in [-0.4, -0.2) is 21.1 Å². The Morgan fingerprint density at radius 1 is 1.38 bits per heavy atom. The average molecular weight is 216 g/mol. The van der Waals surface area contributed by atoms with Gasteiger partial charge in [-0.1, -0.05) is 6.92 Å². The molecule has 2 aromatic rings. The molecule has 2 rings (SSSR count). The summed E-state index contributed by atoms with van der Waals surface area (Å²) in [6.45, 7) is 5.88. The van der Waals surface area contributed by atoms with Crippen molar-refractivity contribution in [1.82, 2.24) is 19.9 Å². The molecule has 0 unspecified atom stereocenters. The van der Waals surface area contributed by atoms with E-state index in [4.69, 9.17) is 0 Å². The van der Waals surface area contributed by atoms with Gasteiger partial charge in [0.25, 0.3) is 0 Å². The van der Waals surface area contributed by atoms with E-state index in [1.165, 1.54) is 5.56 Å². The van der Waals surface area contributed by atoms with Crippen LogP contribution in [0.15, 0.2) is 30.9 Å². The molecule has 0 aromatic carbocycles. The van der Waals surface area contributed by atoms with Crippen molar-refractivity contribution in [2.24, 2.45) is 0 Å². The number of imidazole rings is 1. The molecule has 2 heterocycles. The molecule has 0 fully saturated rings. The van der Waals surface area contributed by atoms with Gasteiger partial charge < -0.3 is 9.88 Å². The normalized spacial score (nSPS) is 10.6. The number of aryl methyl sites for hydroxylation is 1. The van der Waals surface area contributed by atoms with Crippen molar-refractivity contribution >= 4 is 0 Å². The van der Waals surface area contributed by atoms with Crippen LogP contribution in [0.5, 0.6) is 0 Å². The summed E-state index contributed by atoms with van der Waals surface area (Å²) in [4.78, 5) is 8.40. The average Bonchev–Trinajstić information content (AvgIpc) is 2.73. The van der Waals surface area contributed by atoms with Gasteiger partial charge in [0, 0.05) is 36.9 Å². The van der Waals surface area contributed by atoms with E-state index >= 15 is 0 Å². The molecule has 0 spiro atoms. The third-order valence-corrected chi connectivity index (χ3v) is 2.53. The predicted molar refractivity (Wildman–Crippen MR) is 63.5 cm³/mol. The highest BCUT2D eigenvalue weighted by atomic mass is 15.1. The number of rotatable bonds is 4. The number of aromatic nitrogens is 3. The van der Waals surface area contributed by atoms with Crippen molar-refractivity contribution in [3.05, 3.63) is 42.2 Å². The van der Waals surface area contributed by atoms with E-state index in [2.05, 4.69) is 26.8 Å². The highest BCUT2D eigenvalue weighted by Crippen LogP contribution is 2.14. The minimum Gasteiger partial charge on any atom is -0.313 e. The summed E-state index contributed by atoms with van der Waals surface area (Å²) in [5, 5.41) is 3.31. The van der Waals surface area contributed by atoms with E-state index in [9.17, 15) is 0 Å². The lowest BCUT2D eigenvalue weighted by Crippen LogP contribution is -2.14. The lowest BCUT2D eigenvalue weighted by molar-refractivity contribution is 0.718. The standard InChI is InChI=1S/C12H16N4/c1-3-13-8-11-9-14-5-4-12(11)16-7-6-15-10(16)2/h4-7,9,13H,3,8H2,1-2H3. The van der Waals surface area contributed by atoms with Gasteiger partial charge in [0.05, 0.1) is 5.69 Å². The number of hydrogen-bond acceptors (Lipinski definition) is 3. The Morgan fingerprint density at radius 3 is 2.94 bits per heavy atom. The van der Waals surface area contributed by atoms with E-state index in [-0.39, 0.29) is 0 Å². The Balaban J connectivity index is 2.37. The van der Waals surface area contributed by atoms with Crippen LogP contribution in [0.25, 0.3) is 5.69 Å². The quantitative estimate of drug-likeness (QED) is 0.845. The van der Waals surface area contributed by atoms with Crippen LogP contribution < -0.4 is 5.32 Å². The zero-order valence-corrected chi connectivity index (χ0v) is 9.64. The molecule has 0 atom stereocenters. The first kappa shape index (κ1) is 10.8. The van der Waals surface area contributed by atoms with Gasteiger partial charge in [0.15, 0.2) is 0 Å². The minimum absolute atomic E-state index is 0.831. The third-order valence-electron chi connectivity index (χ3n) is 2.53. The van der Waals surface area contributed by atoms with Gasteiger partial charge in [-0.2, -0.15) is 0 Å². The summed E-state index contributed by atoms with van der Waals surface area (Å²) in [7, 11) is 0. The summed E-state index contributed by atoms with van der Waals surface area (Å²) in [6.07, 6.45) is 7.49. The van der Waals surface area contributed by atoms with Crippen LogP contribution in [0.1, 0.15) is 18.3 Å². The molecular weight excluding hydrogens is 200 g/mol. The van der Waals surface area contributed by atoms with Crippen LogP contribution in [0.4, 0.5) is 0 Å². The Morgan fingerprint density at radius 2 is 2.25 bits per heavy atom. The van der Waals surface area contributed by atoms with Gasteiger partial charge in [0.1, 0.15) is 5.82 Å². The van der Waals surface area contributed by atoms with Gasteiger partial charge >= 0.3 is 0 Å². The van der Waals surface area contributed by atoms with Crippen molar-refractivity contribution in [2.75, 3.05) is 6.54 Å². The first-order valence-electron chi connectivity index (χ1n) is 5.47. The van der Waals surface area contributed by atoms with Crippen molar-refractivity contribution in [2.45, 2.75) is 20.4 Å². The largest absolute Gasteiger partial charge is 0.313 e. The van der Waals surface area contributed by atoms with Gasteiger partial charge in [0.2, 0.25) is 0 Å². The lowest BCUT2D eigenvalue weighted by atomic mass is 10.2. The van der Waals surface area contributed by atoms with Crippen molar-refractivity contribution < 1.29 is 0 Å². The summed E-state index contributed by atoms with van der Waals surface area (Å²) in [5.41, 5.74) is 2.33. The smallest absolute Gasteiger partial charge is 0.110 e. The molecule has 4 nitrogen and oxygen atoms in total. The van der Waals surface area contributed by atoms with Gasteiger partial charge in [-0.15, -0.1) is 0 Å². The second-order valence-electron chi connectivity index (χ2n) is 3.63. The van der Waals surface area contributed by atoms with E-state index in [1.807, 2.05) is 37.8 Å². The Bertz CT molecular complexity index is 462. The summed E-state index contributed by atoms with van der Waals surface area (Å²) >= 11 is 0. The lowest BCUT2D eigenvalue weighted by Gasteiger charge is -2.11. The van der Waals surface area contributed by atoms with E-state index in [0.717, 1.165) is 24.6 Å². The number of pyridine rings is 1. The molecule has 84 valence electrons. The summed E-state index contributed by atoms with van der Waals surface area (Å²) in [5.74, 6) is 0.990. The maximum absolute atomic E-state index is 4.24. The van der Waals surface area contributed by atoms with Crippen LogP contribution in [0.2, 0.25) is 0 Å². The SMILES string of the molecule is CCNCc1cnccc1-n1ccnc1C. The fourth-order valence-corrected chi connectivity index (χ4v) is 1.68. The van der Waals surface area contributed by atoms with Gasteiger partial charge in [-0.3, -0.25) is 4.98 Å². The number of nitrogens with zero attached hydrogens (tertiary/aromatic N) is 3. The number of nitrogens with one attached hydrogen (secondary N) is 1. The fourth-order valence-electron chi connectivity index (χ4n) is 1.68. The molecule has 2 aromatic heterocycles. The zero-order valence-electron chi connectivity index (χ0n) is 9.64. The monoisotopic (exact) mass is 216 g/mol. The first-order valence-corrected chi connectivity index (χ1v) is 5.47. The molecule has 16 heavy (non-hydrogen) atoms. The molecule has 0 bridgehead atoms. The molecule has 4 heteroatoms. The predicted octanol–water partition coefficient (Wildman–Crippen LogP) is 1.69. The van der Waals surface area contributed by atoms with Crippen molar-refractivity contribution in [3.8, 4) is 5.69 Å². The maximum atomic E-state index is 4.24. The zero-order chi connectivity index (χ0) is 11.4. The van der Waals surface area contributed by atoms with Crippen molar-refractivity contribution in [3.63, 3.8) is 0 Å². The summed E-state index contributed by atoms with van der Waals surface area (Å²) < 4.78 is 2.08. The van der Waals surface area contributed by atoms with Crippen molar-refractivity contribution in [1.29, 1.82) is 0 Å². The molecule has 0 aliphatic heterocycles. The highest BCUT2D eigenvalue weighted by molar-refractivity contribution is 5.39. The molecule has 0 radical (unpaired) electrons. The topological polar surface area (TPSA) is 42.7 Å². The second kappa shape index (κ2) is 4.90. The van der Waals surface area contributed by atoms with Crippen LogP contribution in [0, 0.1) is 6.92 Å². The molecule has 0 saturated carbocycles. The molecule has 0 aliphatic carbocycles. The Kier molecular flexibility index (Phi) is 3.31. The Hall–Kier alpha value is -1.68. The maximum Gasteiger partial charge on any atom is 0.110 e. The van der Waals surface area contributed by atoms with Gasteiger partial charge in [-0.05, 0) is 19.5 Å². The fraction of sp³-hybridized carbons (Fsp3) is 0.333. The van der Waals surface area contributed by atoms with E-state index in [1.54, 1.807) is 0 Å². The first-order chi connectivity index (χ1) is 7.83. The minimum atomic E-state index is 0.831. The molecule has 1 N–H and O–H groups in total. The Labute approximate surface area is 95.4 Å². The summed E-state index contributed by atoms with van der Waals surface area (Å²) in [6, 6.07) is 2.02.